The lowest BCUT2D eigenvalue weighted by Gasteiger charge is -2.41. The zero-order chi connectivity index (χ0) is 22.8. The summed E-state index contributed by atoms with van der Waals surface area (Å²) in [5.74, 6) is 0.334. The monoisotopic (exact) mass is 446 g/mol. The summed E-state index contributed by atoms with van der Waals surface area (Å²) in [6, 6.07) is 16.2. The number of carbonyl (C=O) groups excluding carboxylic acids is 2. The Hall–Kier alpha value is -2.86. The fraction of sp³-hybridized carbons (Fsp3) is 0.481. The van der Waals surface area contributed by atoms with Crippen molar-refractivity contribution in [1.82, 2.24) is 9.80 Å². The maximum absolute atomic E-state index is 14.0. The van der Waals surface area contributed by atoms with Gasteiger partial charge in [-0.1, -0.05) is 30.3 Å². The smallest absolute Gasteiger partial charge is 0.256 e. The van der Waals surface area contributed by atoms with Gasteiger partial charge in [-0.05, 0) is 62.9 Å². The molecule has 0 radical (unpaired) electrons. The van der Waals surface area contributed by atoms with Crippen molar-refractivity contribution in [3.8, 4) is 0 Å². The van der Waals surface area contributed by atoms with Crippen LogP contribution in [0.1, 0.15) is 54.1 Å². The molecule has 33 heavy (non-hydrogen) atoms. The van der Waals surface area contributed by atoms with Crippen LogP contribution in [0.4, 0.5) is 11.4 Å². The van der Waals surface area contributed by atoms with Crippen molar-refractivity contribution in [2.24, 2.45) is 5.92 Å². The van der Waals surface area contributed by atoms with Crippen LogP contribution < -0.4 is 10.2 Å². The van der Waals surface area contributed by atoms with Gasteiger partial charge in [0.15, 0.2) is 0 Å². The zero-order valence-corrected chi connectivity index (χ0v) is 19.5. The minimum Gasteiger partial charge on any atom is -0.371 e. The van der Waals surface area contributed by atoms with Crippen LogP contribution in [0.3, 0.4) is 0 Å². The first-order chi connectivity index (χ1) is 16.1. The Labute approximate surface area is 196 Å². The third-order valence-electron chi connectivity index (χ3n) is 7.17. The molecule has 2 aromatic rings. The van der Waals surface area contributed by atoms with Crippen LogP contribution in [0.5, 0.6) is 0 Å². The Morgan fingerprint density at radius 1 is 0.909 bits per heavy atom. The molecule has 1 saturated carbocycles. The fourth-order valence-electron chi connectivity index (χ4n) is 5.05. The van der Waals surface area contributed by atoms with Gasteiger partial charge in [-0.3, -0.25) is 9.59 Å². The molecular weight excluding hydrogens is 412 g/mol. The standard InChI is InChI=1S/C27H34N4O2/c1-29-16-17-31(25(19-29)20-8-4-2-5-9-20)27(33)23-13-12-22(28-26(32)21-10-11-21)18-24(23)30-14-6-3-7-15-30/h2,4-5,8-9,12-13,18,21,25H,3,6-7,10-11,14-17,19H2,1H3,(H,28,32). The maximum Gasteiger partial charge on any atom is 0.256 e. The van der Waals surface area contributed by atoms with Gasteiger partial charge in [-0.25, -0.2) is 0 Å². The average molecular weight is 447 g/mol. The summed E-state index contributed by atoms with van der Waals surface area (Å²) in [6.45, 7) is 4.29. The van der Waals surface area contributed by atoms with Gasteiger partial charge < -0.3 is 20.0 Å². The van der Waals surface area contributed by atoms with E-state index in [0.29, 0.717) is 6.54 Å². The molecule has 1 aliphatic carbocycles. The Morgan fingerprint density at radius 2 is 1.67 bits per heavy atom. The highest BCUT2D eigenvalue weighted by molar-refractivity contribution is 6.02. The SMILES string of the molecule is CN1CCN(C(=O)c2ccc(NC(=O)C3CC3)cc2N2CCCCC2)C(c2ccccc2)C1. The lowest BCUT2D eigenvalue weighted by atomic mass is 10.00. The highest BCUT2D eigenvalue weighted by Gasteiger charge is 2.33. The number of piperidine rings is 1. The molecule has 0 aromatic heterocycles. The molecule has 2 saturated heterocycles. The van der Waals surface area contributed by atoms with Gasteiger partial charge in [0.1, 0.15) is 0 Å². The van der Waals surface area contributed by atoms with Crippen molar-refractivity contribution >= 4 is 23.2 Å². The number of rotatable bonds is 5. The van der Waals surface area contributed by atoms with E-state index in [2.05, 4.69) is 34.3 Å². The average Bonchev–Trinajstić information content (AvgIpc) is 3.70. The molecule has 2 aromatic carbocycles. The number of amides is 2. The van der Waals surface area contributed by atoms with Crippen molar-refractivity contribution in [3.63, 3.8) is 0 Å². The molecule has 174 valence electrons. The van der Waals surface area contributed by atoms with Gasteiger partial charge in [0.05, 0.1) is 17.3 Å². The van der Waals surface area contributed by atoms with Gasteiger partial charge >= 0.3 is 0 Å². The van der Waals surface area contributed by atoms with Crippen molar-refractivity contribution in [2.45, 2.75) is 38.1 Å². The van der Waals surface area contributed by atoms with E-state index in [0.717, 1.165) is 68.8 Å². The summed E-state index contributed by atoms with van der Waals surface area (Å²) in [7, 11) is 2.12. The Bertz CT molecular complexity index is 998. The maximum atomic E-state index is 14.0. The van der Waals surface area contributed by atoms with Crippen molar-refractivity contribution in [2.75, 3.05) is 50.0 Å². The molecule has 5 rings (SSSR count). The third kappa shape index (κ3) is 4.91. The first-order valence-electron chi connectivity index (χ1n) is 12.3. The quantitative estimate of drug-likeness (QED) is 0.750. The number of likely N-dealkylation sites (N-methyl/N-ethyl adjacent to an activating group) is 1. The number of nitrogens with one attached hydrogen (secondary N) is 1. The third-order valence-corrected chi connectivity index (χ3v) is 7.17. The Morgan fingerprint density at radius 3 is 2.39 bits per heavy atom. The summed E-state index contributed by atoms with van der Waals surface area (Å²) in [5.41, 5.74) is 3.66. The van der Waals surface area contributed by atoms with Crippen LogP contribution in [0.25, 0.3) is 0 Å². The first-order valence-corrected chi connectivity index (χ1v) is 12.3. The summed E-state index contributed by atoms with van der Waals surface area (Å²) >= 11 is 0. The second-order valence-corrected chi connectivity index (χ2v) is 9.73. The van der Waals surface area contributed by atoms with Crippen LogP contribution >= 0.6 is 0 Å². The predicted octanol–water partition coefficient (Wildman–Crippen LogP) is 4.15. The number of carbonyl (C=O) groups is 2. The fourth-order valence-corrected chi connectivity index (χ4v) is 5.05. The molecular formula is C27H34N4O2. The number of piperazine rings is 1. The predicted molar refractivity (Wildman–Crippen MR) is 132 cm³/mol. The number of hydrogen-bond donors (Lipinski definition) is 1. The van der Waals surface area contributed by atoms with Gasteiger partial charge in [0.25, 0.3) is 5.91 Å². The molecule has 2 aliphatic heterocycles. The van der Waals surface area contributed by atoms with E-state index < -0.39 is 0 Å². The molecule has 2 amide bonds. The van der Waals surface area contributed by atoms with Gasteiger partial charge in [0, 0.05) is 44.3 Å². The highest BCUT2D eigenvalue weighted by Crippen LogP contribution is 2.34. The van der Waals surface area contributed by atoms with Gasteiger partial charge in [-0.2, -0.15) is 0 Å². The van der Waals surface area contributed by atoms with E-state index in [1.54, 1.807) is 0 Å². The van der Waals surface area contributed by atoms with Crippen molar-refractivity contribution in [1.29, 1.82) is 0 Å². The normalized spacial score (nSPS) is 21.7. The van der Waals surface area contributed by atoms with Crippen LogP contribution in [0, 0.1) is 5.92 Å². The summed E-state index contributed by atoms with van der Waals surface area (Å²) in [5, 5.41) is 3.07. The van der Waals surface area contributed by atoms with Gasteiger partial charge in [0.2, 0.25) is 5.91 Å². The molecule has 1 N–H and O–H groups in total. The molecule has 2 heterocycles. The lowest BCUT2D eigenvalue weighted by molar-refractivity contribution is -0.117. The van der Waals surface area contributed by atoms with Crippen molar-refractivity contribution < 1.29 is 9.59 Å². The van der Waals surface area contributed by atoms with E-state index in [9.17, 15) is 9.59 Å². The van der Waals surface area contributed by atoms with E-state index in [1.807, 2.05) is 41.3 Å². The number of hydrogen-bond acceptors (Lipinski definition) is 4. The van der Waals surface area contributed by atoms with Crippen LogP contribution in [0.15, 0.2) is 48.5 Å². The Balaban J connectivity index is 1.46. The second-order valence-electron chi connectivity index (χ2n) is 9.73. The highest BCUT2D eigenvalue weighted by atomic mass is 16.2. The summed E-state index contributed by atoms with van der Waals surface area (Å²) in [4.78, 5) is 33.0. The molecule has 1 unspecified atom stereocenters. The van der Waals surface area contributed by atoms with Crippen molar-refractivity contribution in [3.05, 3.63) is 59.7 Å². The molecule has 6 nitrogen and oxygen atoms in total. The number of benzene rings is 2. The molecule has 3 aliphatic rings. The molecule has 6 heteroatoms. The Kier molecular flexibility index (Phi) is 6.36. The second kappa shape index (κ2) is 9.56. The topological polar surface area (TPSA) is 55.9 Å². The van der Waals surface area contributed by atoms with Crippen LogP contribution in [-0.4, -0.2) is 61.4 Å². The van der Waals surface area contributed by atoms with E-state index in [-0.39, 0.29) is 23.8 Å². The molecule has 3 fully saturated rings. The van der Waals surface area contributed by atoms with Gasteiger partial charge in [-0.15, -0.1) is 0 Å². The largest absolute Gasteiger partial charge is 0.371 e. The zero-order valence-electron chi connectivity index (χ0n) is 19.5. The van der Waals surface area contributed by atoms with E-state index >= 15 is 0 Å². The van der Waals surface area contributed by atoms with Crippen LogP contribution in [0.2, 0.25) is 0 Å². The molecule has 1 atom stereocenters. The molecule has 0 spiro atoms. The first kappa shape index (κ1) is 22.0. The minimum absolute atomic E-state index is 0.0286. The number of nitrogens with zero attached hydrogens (tertiary/aromatic N) is 3. The van der Waals surface area contributed by atoms with E-state index in [4.69, 9.17) is 0 Å². The lowest BCUT2D eigenvalue weighted by Crippen LogP contribution is -2.49. The number of anilines is 2. The summed E-state index contributed by atoms with van der Waals surface area (Å²) < 4.78 is 0. The van der Waals surface area contributed by atoms with E-state index in [1.165, 1.54) is 12.0 Å². The van der Waals surface area contributed by atoms with Crippen LogP contribution in [-0.2, 0) is 4.79 Å². The minimum atomic E-state index is 0.0286. The molecule has 0 bridgehead atoms. The summed E-state index contributed by atoms with van der Waals surface area (Å²) in [6.07, 6.45) is 5.45.